The second-order valence-corrected chi connectivity index (χ2v) is 2.44. The second-order valence-electron chi connectivity index (χ2n) is 1.59. The monoisotopic (exact) mass is 118 g/mol. The van der Waals surface area contributed by atoms with Gasteiger partial charge in [0.05, 0.1) is 0 Å². The van der Waals surface area contributed by atoms with E-state index >= 15 is 0 Å². The quantitative estimate of drug-likeness (QED) is 0.402. The minimum atomic E-state index is 0.185. The molecule has 0 amide bonds. The van der Waals surface area contributed by atoms with Gasteiger partial charge in [-0.2, -0.15) is 0 Å². The zero-order chi connectivity index (χ0) is 5.70. The molecule has 0 aliphatic rings. The lowest BCUT2D eigenvalue weighted by Crippen LogP contribution is -1.95. The number of aldehydes is 1. The third-order valence-corrected chi connectivity index (χ3v) is 1.29. The Hall–Kier alpha value is 0.100. The number of hydrogen-bond donors (Lipinski definition) is 0. The van der Waals surface area contributed by atoms with Crippen molar-refractivity contribution in [3.05, 3.63) is 0 Å². The van der Waals surface area contributed by atoms with Gasteiger partial charge in [0.1, 0.15) is 6.29 Å². The molecule has 0 fully saturated rings. The molecule has 0 spiro atoms. The van der Waals surface area contributed by atoms with Crippen LogP contribution in [-0.4, -0.2) is 11.9 Å². The first-order valence-corrected chi connectivity index (χ1v) is 3.18. The molecule has 2 unspecified atom stereocenters. The molecule has 2 atom stereocenters. The van der Waals surface area contributed by atoms with Crippen LogP contribution in [0.25, 0.3) is 0 Å². The lowest BCUT2D eigenvalue weighted by atomic mass is 10.3. The standard InChI is InChI=1S/C5H11OP/c1-2-3-5(7)4-6/h4-5H,2-3,7H2,1H3. The van der Waals surface area contributed by atoms with Crippen molar-refractivity contribution < 1.29 is 4.79 Å². The molecular formula is C5H11OP. The molecule has 42 valence electrons. The molecule has 0 bridgehead atoms. The molecule has 0 saturated carbocycles. The molecule has 0 rings (SSSR count). The van der Waals surface area contributed by atoms with Gasteiger partial charge in [-0.25, -0.2) is 0 Å². The van der Waals surface area contributed by atoms with Crippen LogP contribution in [0.1, 0.15) is 19.8 Å². The molecule has 0 radical (unpaired) electrons. The van der Waals surface area contributed by atoms with Gasteiger partial charge in [0.2, 0.25) is 0 Å². The van der Waals surface area contributed by atoms with E-state index in [-0.39, 0.29) is 5.66 Å². The summed E-state index contributed by atoms with van der Waals surface area (Å²) in [5.74, 6) is 0. The number of carbonyl (C=O) groups excluding carboxylic acids is 1. The normalized spacial score (nSPS) is 13.4. The summed E-state index contributed by atoms with van der Waals surface area (Å²) in [6, 6.07) is 0. The van der Waals surface area contributed by atoms with E-state index in [1.807, 2.05) is 0 Å². The Balaban J connectivity index is 2.98. The molecule has 0 N–H and O–H groups in total. The Labute approximate surface area is 46.7 Å². The zero-order valence-corrected chi connectivity index (χ0v) is 5.71. The van der Waals surface area contributed by atoms with Gasteiger partial charge in [-0.1, -0.05) is 13.3 Å². The van der Waals surface area contributed by atoms with Crippen LogP contribution >= 0.6 is 9.24 Å². The Bertz CT molecular complexity index is 54.0. The van der Waals surface area contributed by atoms with E-state index in [0.717, 1.165) is 19.1 Å². The molecule has 1 nitrogen and oxygen atoms in total. The number of rotatable bonds is 3. The highest BCUT2D eigenvalue weighted by Gasteiger charge is 1.93. The Kier molecular flexibility index (Phi) is 4.32. The van der Waals surface area contributed by atoms with E-state index < -0.39 is 0 Å². The maximum absolute atomic E-state index is 9.87. The Morgan fingerprint density at radius 1 is 1.86 bits per heavy atom. The largest absolute Gasteiger partial charge is 0.303 e. The lowest BCUT2D eigenvalue weighted by Gasteiger charge is -1.94. The maximum Gasteiger partial charge on any atom is 0.126 e. The third kappa shape index (κ3) is 3.94. The molecule has 0 aromatic rings. The fourth-order valence-corrected chi connectivity index (χ4v) is 0.735. The number of carbonyl (C=O) groups is 1. The predicted molar refractivity (Wildman–Crippen MR) is 34.5 cm³/mol. The highest BCUT2D eigenvalue weighted by Crippen LogP contribution is 2.02. The first kappa shape index (κ1) is 7.10. The minimum absolute atomic E-state index is 0.185. The van der Waals surface area contributed by atoms with Crippen molar-refractivity contribution in [3.8, 4) is 0 Å². The van der Waals surface area contributed by atoms with E-state index in [0.29, 0.717) is 0 Å². The van der Waals surface area contributed by atoms with E-state index in [1.54, 1.807) is 0 Å². The molecule has 0 aromatic carbocycles. The molecule has 0 aliphatic carbocycles. The van der Waals surface area contributed by atoms with Gasteiger partial charge in [-0.15, -0.1) is 9.24 Å². The molecule has 2 heteroatoms. The van der Waals surface area contributed by atoms with Gasteiger partial charge in [0.15, 0.2) is 0 Å². The highest BCUT2D eigenvalue weighted by molar-refractivity contribution is 7.19. The van der Waals surface area contributed by atoms with Crippen molar-refractivity contribution in [1.29, 1.82) is 0 Å². The predicted octanol–water partition coefficient (Wildman–Crippen LogP) is 1.23. The molecular weight excluding hydrogens is 107 g/mol. The zero-order valence-electron chi connectivity index (χ0n) is 4.55. The molecule has 0 saturated heterocycles. The van der Waals surface area contributed by atoms with Crippen molar-refractivity contribution >= 4 is 15.5 Å². The van der Waals surface area contributed by atoms with Crippen molar-refractivity contribution in [2.75, 3.05) is 0 Å². The van der Waals surface area contributed by atoms with Crippen LogP contribution in [0.5, 0.6) is 0 Å². The van der Waals surface area contributed by atoms with Gasteiger partial charge in [0.25, 0.3) is 0 Å². The van der Waals surface area contributed by atoms with Gasteiger partial charge < -0.3 is 4.79 Å². The summed E-state index contributed by atoms with van der Waals surface area (Å²) >= 11 is 0. The minimum Gasteiger partial charge on any atom is -0.303 e. The average molecular weight is 118 g/mol. The Morgan fingerprint density at radius 3 is 2.57 bits per heavy atom. The molecule has 7 heavy (non-hydrogen) atoms. The fraction of sp³-hybridized carbons (Fsp3) is 0.800. The first-order valence-electron chi connectivity index (χ1n) is 2.52. The van der Waals surface area contributed by atoms with E-state index in [2.05, 4.69) is 16.2 Å². The average Bonchev–Trinajstić information content (AvgIpc) is 1.68. The summed E-state index contributed by atoms with van der Waals surface area (Å²) in [7, 11) is 2.49. The van der Waals surface area contributed by atoms with Crippen LogP contribution in [0.15, 0.2) is 0 Å². The third-order valence-electron chi connectivity index (χ3n) is 0.797. The van der Waals surface area contributed by atoms with Gasteiger partial charge in [0, 0.05) is 5.66 Å². The van der Waals surface area contributed by atoms with Crippen LogP contribution in [0.3, 0.4) is 0 Å². The summed E-state index contributed by atoms with van der Waals surface area (Å²) in [6.45, 7) is 2.07. The summed E-state index contributed by atoms with van der Waals surface area (Å²) in [5.41, 5.74) is 0.185. The van der Waals surface area contributed by atoms with Crippen LogP contribution in [0, 0.1) is 0 Å². The van der Waals surface area contributed by atoms with Gasteiger partial charge >= 0.3 is 0 Å². The smallest absolute Gasteiger partial charge is 0.126 e. The van der Waals surface area contributed by atoms with Gasteiger partial charge in [-0.05, 0) is 6.42 Å². The van der Waals surface area contributed by atoms with Crippen LogP contribution in [0.4, 0.5) is 0 Å². The van der Waals surface area contributed by atoms with Crippen molar-refractivity contribution in [1.82, 2.24) is 0 Å². The van der Waals surface area contributed by atoms with Crippen LogP contribution in [-0.2, 0) is 4.79 Å². The summed E-state index contributed by atoms with van der Waals surface area (Å²) < 4.78 is 0. The highest BCUT2D eigenvalue weighted by atomic mass is 31.0. The van der Waals surface area contributed by atoms with Crippen LogP contribution in [0.2, 0.25) is 0 Å². The summed E-state index contributed by atoms with van der Waals surface area (Å²) in [4.78, 5) is 9.87. The topological polar surface area (TPSA) is 17.1 Å². The Morgan fingerprint density at radius 2 is 2.43 bits per heavy atom. The maximum atomic E-state index is 9.87. The van der Waals surface area contributed by atoms with E-state index in [4.69, 9.17) is 0 Å². The number of hydrogen-bond acceptors (Lipinski definition) is 1. The fourth-order valence-electron chi connectivity index (χ4n) is 0.401. The van der Waals surface area contributed by atoms with Crippen LogP contribution < -0.4 is 0 Å². The lowest BCUT2D eigenvalue weighted by molar-refractivity contribution is -0.107. The van der Waals surface area contributed by atoms with Gasteiger partial charge in [-0.3, -0.25) is 0 Å². The van der Waals surface area contributed by atoms with E-state index in [1.165, 1.54) is 0 Å². The summed E-state index contributed by atoms with van der Waals surface area (Å²) in [6.07, 6.45) is 3.05. The molecule has 0 aliphatic heterocycles. The van der Waals surface area contributed by atoms with Crippen molar-refractivity contribution in [3.63, 3.8) is 0 Å². The molecule has 0 heterocycles. The second kappa shape index (κ2) is 4.26. The first-order chi connectivity index (χ1) is 3.31. The summed E-state index contributed by atoms with van der Waals surface area (Å²) in [5, 5.41) is 0. The molecule has 0 aromatic heterocycles. The van der Waals surface area contributed by atoms with Crippen molar-refractivity contribution in [2.24, 2.45) is 0 Å². The van der Waals surface area contributed by atoms with E-state index in [9.17, 15) is 4.79 Å². The SMILES string of the molecule is CCCC(P)C=O. The van der Waals surface area contributed by atoms with Crippen molar-refractivity contribution in [2.45, 2.75) is 25.4 Å².